The highest BCUT2D eigenvalue weighted by molar-refractivity contribution is 5.98. The molecule has 1 saturated heterocycles. The maximum Gasteiger partial charge on any atom is 0.242 e. The molecule has 8 nitrogen and oxygen atoms in total. The third kappa shape index (κ3) is 4.82. The van der Waals surface area contributed by atoms with Crippen molar-refractivity contribution < 1.29 is 23.8 Å². The summed E-state index contributed by atoms with van der Waals surface area (Å²) in [5.74, 6) is 0.998. The van der Waals surface area contributed by atoms with Crippen molar-refractivity contribution in [3.05, 3.63) is 12.1 Å². The van der Waals surface area contributed by atoms with Gasteiger partial charge in [-0.1, -0.05) is 6.92 Å². The van der Waals surface area contributed by atoms with Gasteiger partial charge in [0.2, 0.25) is 17.6 Å². The zero-order valence-corrected chi connectivity index (χ0v) is 16.8. The molecule has 0 N–H and O–H groups in total. The molecule has 0 radical (unpaired) electrons. The van der Waals surface area contributed by atoms with Gasteiger partial charge in [0.25, 0.3) is 0 Å². The van der Waals surface area contributed by atoms with Gasteiger partial charge in [0.1, 0.15) is 6.54 Å². The third-order valence-electron chi connectivity index (χ3n) is 4.81. The number of hydrogen-bond donors (Lipinski definition) is 0. The maximum atomic E-state index is 12.7. The van der Waals surface area contributed by atoms with Crippen molar-refractivity contribution in [3.8, 4) is 17.2 Å². The molecule has 0 saturated carbocycles. The Bertz CT molecular complexity index is 646. The Labute approximate surface area is 160 Å². The fourth-order valence-electron chi connectivity index (χ4n) is 3.16. The number of carbonyl (C=O) groups is 2. The van der Waals surface area contributed by atoms with Crippen LogP contribution in [-0.4, -0.2) is 82.2 Å². The lowest BCUT2D eigenvalue weighted by Gasteiger charge is -2.35. The van der Waals surface area contributed by atoms with Crippen LogP contribution in [-0.2, 0) is 9.59 Å². The Kier molecular flexibility index (Phi) is 7.29. The molecule has 1 aliphatic rings. The SMILES string of the molecule is CCN1CCN(C(=O)CN(C(C)=O)c2cc(OC)c(OC)c(OC)c2)CC1. The summed E-state index contributed by atoms with van der Waals surface area (Å²) in [6.45, 7) is 7.55. The van der Waals surface area contributed by atoms with Crippen molar-refractivity contribution in [2.45, 2.75) is 13.8 Å². The molecule has 8 heteroatoms. The van der Waals surface area contributed by atoms with Crippen molar-refractivity contribution in [1.82, 2.24) is 9.80 Å². The second kappa shape index (κ2) is 9.45. The summed E-state index contributed by atoms with van der Waals surface area (Å²) in [4.78, 5) is 30.5. The van der Waals surface area contributed by atoms with Crippen molar-refractivity contribution in [3.63, 3.8) is 0 Å². The van der Waals surface area contributed by atoms with Gasteiger partial charge < -0.3 is 28.9 Å². The van der Waals surface area contributed by atoms with Gasteiger partial charge in [-0.05, 0) is 6.54 Å². The third-order valence-corrected chi connectivity index (χ3v) is 4.81. The quantitative estimate of drug-likeness (QED) is 0.710. The van der Waals surface area contributed by atoms with Gasteiger partial charge in [-0.15, -0.1) is 0 Å². The lowest BCUT2D eigenvalue weighted by atomic mass is 10.2. The van der Waals surface area contributed by atoms with E-state index in [4.69, 9.17) is 14.2 Å². The van der Waals surface area contributed by atoms with Crippen LogP contribution in [0, 0.1) is 0 Å². The molecule has 0 aliphatic carbocycles. The first kappa shape index (κ1) is 20.8. The van der Waals surface area contributed by atoms with Crippen LogP contribution >= 0.6 is 0 Å². The molecular formula is C19H29N3O5. The Morgan fingerprint density at radius 2 is 1.56 bits per heavy atom. The summed E-state index contributed by atoms with van der Waals surface area (Å²) < 4.78 is 16.0. The van der Waals surface area contributed by atoms with Crippen molar-refractivity contribution in [1.29, 1.82) is 0 Å². The molecule has 1 aromatic carbocycles. The Morgan fingerprint density at radius 3 is 1.96 bits per heavy atom. The van der Waals surface area contributed by atoms with E-state index < -0.39 is 0 Å². The Hall–Kier alpha value is -2.48. The molecule has 0 bridgehead atoms. The highest BCUT2D eigenvalue weighted by Crippen LogP contribution is 2.41. The number of ether oxygens (including phenoxy) is 3. The van der Waals surface area contributed by atoms with Crippen molar-refractivity contribution in [2.75, 3.05) is 65.5 Å². The largest absolute Gasteiger partial charge is 0.493 e. The summed E-state index contributed by atoms with van der Waals surface area (Å²) in [5.41, 5.74) is 0.526. The lowest BCUT2D eigenvalue weighted by molar-refractivity contribution is -0.132. The predicted octanol–water partition coefficient (Wildman–Crippen LogP) is 1.23. The number of piperazine rings is 1. The van der Waals surface area contributed by atoms with Crippen LogP contribution in [0.4, 0.5) is 5.69 Å². The molecule has 1 fully saturated rings. The fourth-order valence-corrected chi connectivity index (χ4v) is 3.16. The number of nitrogens with zero attached hydrogens (tertiary/aromatic N) is 3. The predicted molar refractivity (Wildman–Crippen MR) is 103 cm³/mol. The van der Waals surface area contributed by atoms with Gasteiger partial charge in [-0.25, -0.2) is 0 Å². The topological polar surface area (TPSA) is 71.6 Å². The molecule has 150 valence electrons. The van der Waals surface area contributed by atoms with E-state index in [1.807, 2.05) is 0 Å². The van der Waals surface area contributed by atoms with Crippen LogP contribution in [0.25, 0.3) is 0 Å². The van der Waals surface area contributed by atoms with E-state index in [9.17, 15) is 9.59 Å². The van der Waals surface area contributed by atoms with E-state index in [1.165, 1.54) is 33.2 Å². The number of benzene rings is 1. The average Bonchev–Trinajstić information content (AvgIpc) is 2.70. The zero-order chi connectivity index (χ0) is 20.0. The van der Waals surface area contributed by atoms with E-state index in [-0.39, 0.29) is 18.4 Å². The minimum atomic E-state index is -0.232. The molecule has 1 aromatic rings. The maximum absolute atomic E-state index is 12.7. The van der Waals surface area contributed by atoms with Crippen molar-refractivity contribution in [2.24, 2.45) is 0 Å². The second-order valence-electron chi connectivity index (χ2n) is 6.30. The van der Waals surface area contributed by atoms with Crippen LogP contribution in [0.3, 0.4) is 0 Å². The molecule has 0 aromatic heterocycles. The Balaban J connectivity index is 2.22. The minimum absolute atomic E-state index is 0.0277. The van der Waals surface area contributed by atoms with Gasteiger partial charge >= 0.3 is 0 Å². The van der Waals surface area contributed by atoms with Gasteiger partial charge in [0.15, 0.2) is 11.5 Å². The van der Waals surface area contributed by atoms with Gasteiger partial charge in [0, 0.05) is 45.2 Å². The minimum Gasteiger partial charge on any atom is -0.493 e. The first-order valence-corrected chi connectivity index (χ1v) is 9.03. The number of amides is 2. The van der Waals surface area contributed by atoms with Crippen LogP contribution in [0.1, 0.15) is 13.8 Å². The van der Waals surface area contributed by atoms with E-state index >= 15 is 0 Å². The summed E-state index contributed by atoms with van der Waals surface area (Å²) in [6, 6.07) is 3.34. The molecule has 0 spiro atoms. The van der Waals surface area contributed by atoms with Gasteiger partial charge in [-0.2, -0.15) is 0 Å². The fraction of sp³-hybridized carbons (Fsp3) is 0.579. The first-order valence-electron chi connectivity index (χ1n) is 9.03. The lowest BCUT2D eigenvalue weighted by Crippen LogP contribution is -2.51. The smallest absolute Gasteiger partial charge is 0.242 e. The van der Waals surface area contributed by atoms with E-state index in [1.54, 1.807) is 17.0 Å². The molecule has 2 amide bonds. The molecule has 2 rings (SSSR count). The van der Waals surface area contributed by atoms with Gasteiger partial charge in [-0.3, -0.25) is 9.59 Å². The molecule has 1 aliphatic heterocycles. The number of rotatable bonds is 7. The van der Waals surface area contributed by atoms with Crippen molar-refractivity contribution >= 4 is 17.5 Å². The summed E-state index contributed by atoms with van der Waals surface area (Å²) >= 11 is 0. The second-order valence-corrected chi connectivity index (χ2v) is 6.30. The van der Waals surface area contributed by atoms with E-state index in [0.717, 1.165) is 19.6 Å². The number of carbonyl (C=O) groups excluding carboxylic acids is 2. The standard InChI is InChI=1S/C19H29N3O5/c1-6-20-7-9-21(10-8-20)18(24)13-22(14(2)23)15-11-16(25-3)19(27-5)17(12-15)26-4/h11-12H,6-10,13H2,1-5H3. The summed E-state index contributed by atoms with van der Waals surface area (Å²) in [5, 5.41) is 0. The van der Waals surface area contributed by atoms with Crippen LogP contribution in [0.5, 0.6) is 17.2 Å². The number of methoxy groups -OCH3 is 3. The van der Waals surface area contributed by atoms with Gasteiger partial charge in [0.05, 0.1) is 27.0 Å². The number of likely N-dealkylation sites (N-methyl/N-ethyl adjacent to an activating group) is 1. The first-order chi connectivity index (χ1) is 12.9. The number of hydrogen-bond acceptors (Lipinski definition) is 6. The average molecular weight is 379 g/mol. The van der Waals surface area contributed by atoms with E-state index in [0.29, 0.717) is 36.0 Å². The normalized spacial score (nSPS) is 14.6. The summed E-state index contributed by atoms with van der Waals surface area (Å²) in [7, 11) is 4.54. The molecule has 0 unspecified atom stereocenters. The zero-order valence-electron chi connectivity index (χ0n) is 16.8. The molecular weight excluding hydrogens is 350 g/mol. The van der Waals surface area contributed by atoms with Crippen LogP contribution < -0.4 is 19.1 Å². The monoisotopic (exact) mass is 379 g/mol. The number of anilines is 1. The Morgan fingerprint density at radius 1 is 1.00 bits per heavy atom. The molecule has 27 heavy (non-hydrogen) atoms. The van der Waals surface area contributed by atoms with E-state index in [2.05, 4.69) is 11.8 Å². The highest BCUT2D eigenvalue weighted by atomic mass is 16.5. The van der Waals surface area contributed by atoms with Crippen LogP contribution in [0.15, 0.2) is 12.1 Å². The molecule has 0 atom stereocenters. The van der Waals surface area contributed by atoms with Crippen LogP contribution in [0.2, 0.25) is 0 Å². The summed E-state index contributed by atoms with van der Waals surface area (Å²) in [6.07, 6.45) is 0. The highest BCUT2D eigenvalue weighted by Gasteiger charge is 2.25. The molecule has 1 heterocycles.